The molecule has 2 amide bonds. The molecule has 0 spiro atoms. The summed E-state index contributed by atoms with van der Waals surface area (Å²) in [6.07, 6.45) is 1.42. The summed E-state index contributed by atoms with van der Waals surface area (Å²) in [6.45, 7) is 4.45. The third-order valence-electron chi connectivity index (χ3n) is 5.21. The number of aryl methyl sites for hydroxylation is 1. The number of carbonyl (C=O) groups is 2. The van der Waals surface area contributed by atoms with Crippen LogP contribution in [-0.2, 0) is 9.53 Å². The van der Waals surface area contributed by atoms with Crippen molar-refractivity contribution in [1.82, 2.24) is 15.0 Å². The van der Waals surface area contributed by atoms with Gasteiger partial charge in [-0.25, -0.2) is 0 Å². The number of carbonyl (C=O) groups excluding carboxylic acids is 2. The maximum Gasteiger partial charge on any atom is 0.259 e. The molecule has 0 N–H and O–H groups in total. The van der Waals surface area contributed by atoms with Crippen molar-refractivity contribution in [2.24, 2.45) is 0 Å². The Morgan fingerprint density at radius 1 is 1.07 bits per heavy atom. The topological polar surface area (TPSA) is 75.9 Å². The highest BCUT2D eigenvalue weighted by Gasteiger charge is 2.33. The Kier molecular flexibility index (Phi) is 4.94. The fraction of sp³-hybridized carbons (Fsp3) is 0.450. The average molecular weight is 369 g/mol. The molecule has 27 heavy (non-hydrogen) atoms. The number of hydrogen-bond donors (Lipinski definition) is 0. The minimum Gasteiger partial charge on any atom is -0.368 e. The number of rotatable bonds is 3. The third-order valence-corrected chi connectivity index (χ3v) is 5.21. The standard InChI is InChI=1S/C20H23N3O4/c1-14-17(18(21-27-14)15-6-3-2-4-7-15)20(25)23-11-9-22(10-12-23)19(24)16-8-5-13-26-16/h2-4,6-7,16H,5,8-13H2,1H3/t16-/m1/s1. The van der Waals surface area contributed by atoms with Crippen LogP contribution >= 0.6 is 0 Å². The van der Waals surface area contributed by atoms with Crippen LogP contribution in [0.3, 0.4) is 0 Å². The first kappa shape index (κ1) is 17.7. The van der Waals surface area contributed by atoms with Gasteiger partial charge in [-0.05, 0) is 19.8 Å². The Labute approximate surface area is 157 Å². The van der Waals surface area contributed by atoms with Crippen LogP contribution in [0.1, 0.15) is 29.0 Å². The summed E-state index contributed by atoms with van der Waals surface area (Å²) < 4.78 is 10.8. The Bertz CT molecular complexity index is 819. The first-order valence-electron chi connectivity index (χ1n) is 9.36. The zero-order chi connectivity index (χ0) is 18.8. The van der Waals surface area contributed by atoms with Crippen LogP contribution in [-0.4, -0.2) is 65.7 Å². The second-order valence-corrected chi connectivity index (χ2v) is 6.95. The van der Waals surface area contributed by atoms with E-state index < -0.39 is 0 Å². The van der Waals surface area contributed by atoms with Crippen molar-refractivity contribution in [3.05, 3.63) is 41.7 Å². The van der Waals surface area contributed by atoms with E-state index in [9.17, 15) is 9.59 Å². The largest absolute Gasteiger partial charge is 0.368 e. The minimum absolute atomic E-state index is 0.0470. The zero-order valence-corrected chi connectivity index (χ0v) is 15.4. The van der Waals surface area contributed by atoms with Crippen LogP contribution < -0.4 is 0 Å². The molecule has 2 aliphatic heterocycles. The van der Waals surface area contributed by atoms with Gasteiger partial charge < -0.3 is 19.1 Å². The SMILES string of the molecule is Cc1onc(-c2ccccc2)c1C(=O)N1CCN(C(=O)[C@H]2CCCO2)CC1. The maximum absolute atomic E-state index is 13.1. The summed E-state index contributed by atoms with van der Waals surface area (Å²) in [5.41, 5.74) is 1.92. The van der Waals surface area contributed by atoms with E-state index in [-0.39, 0.29) is 17.9 Å². The summed E-state index contributed by atoms with van der Waals surface area (Å²) in [6, 6.07) is 9.55. The second-order valence-electron chi connectivity index (χ2n) is 6.95. The zero-order valence-electron chi connectivity index (χ0n) is 15.4. The summed E-state index contributed by atoms with van der Waals surface area (Å²) in [5, 5.41) is 4.09. The highest BCUT2D eigenvalue weighted by Crippen LogP contribution is 2.27. The smallest absolute Gasteiger partial charge is 0.259 e. The van der Waals surface area contributed by atoms with Crippen LogP contribution in [0, 0.1) is 6.92 Å². The molecule has 2 saturated heterocycles. The lowest BCUT2D eigenvalue weighted by atomic mass is 10.0. The normalized spacial score (nSPS) is 20.1. The van der Waals surface area contributed by atoms with E-state index in [1.807, 2.05) is 30.3 Å². The fourth-order valence-electron chi connectivity index (χ4n) is 3.68. The Morgan fingerprint density at radius 3 is 2.44 bits per heavy atom. The van der Waals surface area contributed by atoms with Crippen molar-refractivity contribution in [2.75, 3.05) is 32.8 Å². The van der Waals surface area contributed by atoms with E-state index in [4.69, 9.17) is 9.26 Å². The predicted octanol–water partition coefficient (Wildman–Crippen LogP) is 2.11. The summed E-state index contributed by atoms with van der Waals surface area (Å²) >= 11 is 0. The van der Waals surface area contributed by atoms with E-state index in [0.717, 1.165) is 18.4 Å². The molecule has 142 valence electrons. The van der Waals surface area contributed by atoms with E-state index in [2.05, 4.69) is 5.16 Å². The molecule has 1 atom stereocenters. The molecule has 7 nitrogen and oxygen atoms in total. The number of aromatic nitrogens is 1. The molecule has 1 aromatic carbocycles. The van der Waals surface area contributed by atoms with Crippen molar-refractivity contribution < 1.29 is 18.8 Å². The van der Waals surface area contributed by atoms with E-state index >= 15 is 0 Å². The monoisotopic (exact) mass is 369 g/mol. The summed E-state index contributed by atoms with van der Waals surface area (Å²) in [5.74, 6) is 0.458. The van der Waals surface area contributed by atoms with Gasteiger partial charge in [0, 0.05) is 38.3 Å². The third kappa shape index (κ3) is 3.47. The van der Waals surface area contributed by atoms with E-state index in [1.54, 1.807) is 16.7 Å². The molecular formula is C20H23N3O4. The summed E-state index contributed by atoms with van der Waals surface area (Å²) in [4.78, 5) is 29.2. The van der Waals surface area contributed by atoms with Crippen LogP contribution in [0.2, 0.25) is 0 Å². The lowest BCUT2D eigenvalue weighted by Gasteiger charge is -2.35. The molecule has 3 heterocycles. The van der Waals surface area contributed by atoms with Crippen LogP contribution in [0.5, 0.6) is 0 Å². The van der Waals surface area contributed by atoms with Crippen molar-refractivity contribution in [2.45, 2.75) is 25.9 Å². The van der Waals surface area contributed by atoms with E-state index in [0.29, 0.717) is 49.8 Å². The Balaban J connectivity index is 1.46. The lowest BCUT2D eigenvalue weighted by molar-refractivity contribution is -0.142. The number of amides is 2. The quantitative estimate of drug-likeness (QED) is 0.828. The maximum atomic E-state index is 13.1. The van der Waals surface area contributed by atoms with Crippen LogP contribution in [0.4, 0.5) is 0 Å². The average Bonchev–Trinajstić information content (AvgIpc) is 3.38. The first-order valence-corrected chi connectivity index (χ1v) is 9.36. The summed E-state index contributed by atoms with van der Waals surface area (Å²) in [7, 11) is 0. The van der Waals surface area contributed by atoms with Crippen molar-refractivity contribution in [3.8, 4) is 11.3 Å². The Morgan fingerprint density at radius 2 is 1.78 bits per heavy atom. The van der Waals surface area contributed by atoms with Gasteiger partial charge >= 0.3 is 0 Å². The lowest BCUT2D eigenvalue weighted by Crippen LogP contribution is -2.52. The molecule has 2 fully saturated rings. The minimum atomic E-state index is -0.308. The van der Waals surface area contributed by atoms with Gasteiger partial charge in [0.1, 0.15) is 23.1 Å². The van der Waals surface area contributed by atoms with Gasteiger partial charge in [-0.3, -0.25) is 9.59 Å². The highest BCUT2D eigenvalue weighted by molar-refractivity contribution is 6.01. The number of benzene rings is 1. The number of hydrogen-bond acceptors (Lipinski definition) is 5. The van der Waals surface area contributed by atoms with Crippen LogP contribution in [0.15, 0.2) is 34.9 Å². The van der Waals surface area contributed by atoms with Gasteiger partial charge in [0.15, 0.2) is 0 Å². The van der Waals surface area contributed by atoms with Crippen LogP contribution in [0.25, 0.3) is 11.3 Å². The van der Waals surface area contributed by atoms with E-state index in [1.165, 1.54) is 0 Å². The Hall–Kier alpha value is -2.67. The molecule has 0 saturated carbocycles. The van der Waals surface area contributed by atoms with Gasteiger partial charge in [0.05, 0.1) is 0 Å². The number of nitrogens with zero attached hydrogens (tertiary/aromatic N) is 3. The molecule has 0 bridgehead atoms. The molecule has 1 aromatic heterocycles. The number of piperazine rings is 1. The first-order chi connectivity index (χ1) is 13.1. The molecule has 4 rings (SSSR count). The highest BCUT2D eigenvalue weighted by atomic mass is 16.5. The molecule has 0 radical (unpaired) electrons. The molecule has 2 aromatic rings. The van der Waals surface area contributed by atoms with Gasteiger partial charge in [0.2, 0.25) is 0 Å². The molecule has 2 aliphatic rings. The van der Waals surface area contributed by atoms with Gasteiger partial charge in [-0.2, -0.15) is 0 Å². The van der Waals surface area contributed by atoms with Gasteiger partial charge in [-0.1, -0.05) is 35.5 Å². The number of ether oxygens (including phenoxy) is 1. The molecule has 0 unspecified atom stereocenters. The molecule has 7 heteroatoms. The second kappa shape index (κ2) is 7.52. The fourth-order valence-corrected chi connectivity index (χ4v) is 3.68. The van der Waals surface area contributed by atoms with Crippen molar-refractivity contribution in [1.29, 1.82) is 0 Å². The molecule has 0 aliphatic carbocycles. The van der Waals surface area contributed by atoms with Crippen molar-refractivity contribution in [3.63, 3.8) is 0 Å². The predicted molar refractivity (Wildman–Crippen MR) is 98.1 cm³/mol. The van der Waals surface area contributed by atoms with Gasteiger partial charge in [-0.15, -0.1) is 0 Å². The van der Waals surface area contributed by atoms with Gasteiger partial charge in [0.25, 0.3) is 11.8 Å². The van der Waals surface area contributed by atoms with Crippen molar-refractivity contribution >= 4 is 11.8 Å². The molecular weight excluding hydrogens is 346 g/mol.